The molecule has 1 atom stereocenters. The smallest absolute Gasteiger partial charge is 0.163 e. The first-order chi connectivity index (χ1) is 8.37. The van der Waals surface area contributed by atoms with Crippen molar-refractivity contribution < 1.29 is 13.2 Å². The molecule has 0 aromatic heterocycles. The zero-order valence-corrected chi connectivity index (χ0v) is 11.6. The Labute approximate surface area is 108 Å². The molecule has 0 spiro atoms. The molecule has 0 N–H and O–H groups in total. The molecule has 1 heterocycles. The Morgan fingerprint density at radius 3 is 2.67 bits per heavy atom. The van der Waals surface area contributed by atoms with Crippen molar-refractivity contribution in [2.45, 2.75) is 26.7 Å². The van der Waals surface area contributed by atoms with Crippen molar-refractivity contribution in [2.24, 2.45) is 5.92 Å². The van der Waals surface area contributed by atoms with E-state index in [1.165, 1.54) is 0 Å². The lowest BCUT2D eigenvalue weighted by Gasteiger charge is -2.09. The number of carbonyl (C=O) groups is 1. The Morgan fingerprint density at radius 2 is 2.06 bits per heavy atom. The molecular weight excluding hydrogens is 248 g/mol. The summed E-state index contributed by atoms with van der Waals surface area (Å²) in [6, 6.07) is 5.81. The van der Waals surface area contributed by atoms with Crippen molar-refractivity contribution >= 4 is 15.6 Å². The van der Waals surface area contributed by atoms with Gasteiger partial charge in [-0.1, -0.05) is 17.7 Å². The van der Waals surface area contributed by atoms with Crippen molar-refractivity contribution in [3.8, 4) is 0 Å². The van der Waals surface area contributed by atoms with E-state index in [9.17, 15) is 13.2 Å². The van der Waals surface area contributed by atoms with Crippen molar-refractivity contribution in [1.29, 1.82) is 0 Å². The highest BCUT2D eigenvalue weighted by Gasteiger charge is 2.29. The van der Waals surface area contributed by atoms with Gasteiger partial charge in [-0.05, 0) is 37.8 Å². The van der Waals surface area contributed by atoms with E-state index in [-0.39, 0.29) is 23.2 Å². The van der Waals surface area contributed by atoms with Crippen LogP contribution in [0.2, 0.25) is 0 Å². The fraction of sp³-hybridized carbons (Fsp3) is 0.500. The molecule has 1 saturated heterocycles. The molecule has 0 radical (unpaired) electrons. The van der Waals surface area contributed by atoms with E-state index in [1.54, 1.807) is 0 Å². The maximum absolute atomic E-state index is 12.2. The molecule has 1 aliphatic rings. The highest BCUT2D eigenvalue weighted by Crippen LogP contribution is 2.24. The number of sulfone groups is 1. The van der Waals surface area contributed by atoms with Crippen LogP contribution < -0.4 is 0 Å². The SMILES string of the molecule is Cc1ccc(C)c(C(=O)CC2CCS(=O)(=O)C2)c1. The van der Waals surface area contributed by atoms with Gasteiger partial charge in [0.1, 0.15) is 0 Å². The Hall–Kier alpha value is -1.16. The molecule has 0 amide bonds. The molecule has 1 unspecified atom stereocenters. The molecule has 98 valence electrons. The molecule has 0 aliphatic carbocycles. The summed E-state index contributed by atoms with van der Waals surface area (Å²) in [6.45, 7) is 3.87. The van der Waals surface area contributed by atoms with Gasteiger partial charge in [0.15, 0.2) is 15.6 Å². The first-order valence-corrected chi connectivity index (χ1v) is 8.00. The Bertz CT molecular complexity index is 573. The zero-order valence-electron chi connectivity index (χ0n) is 10.8. The number of hydrogen-bond donors (Lipinski definition) is 0. The third-order valence-corrected chi connectivity index (χ3v) is 5.33. The summed E-state index contributed by atoms with van der Waals surface area (Å²) < 4.78 is 22.7. The third kappa shape index (κ3) is 2.99. The van der Waals surface area contributed by atoms with E-state index >= 15 is 0 Å². The topological polar surface area (TPSA) is 51.2 Å². The van der Waals surface area contributed by atoms with Crippen LogP contribution in [-0.4, -0.2) is 25.7 Å². The molecule has 4 heteroatoms. The summed E-state index contributed by atoms with van der Waals surface area (Å²) in [7, 11) is -2.89. The average Bonchev–Trinajstić information content (AvgIpc) is 2.61. The predicted molar refractivity (Wildman–Crippen MR) is 71.6 cm³/mol. The maximum Gasteiger partial charge on any atom is 0.163 e. The van der Waals surface area contributed by atoms with Crippen LogP contribution in [0.4, 0.5) is 0 Å². The van der Waals surface area contributed by atoms with E-state index in [0.717, 1.165) is 16.7 Å². The summed E-state index contributed by atoms with van der Waals surface area (Å²) in [6.07, 6.45) is 0.975. The van der Waals surface area contributed by atoms with Crippen molar-refractivity contribution in [1.82, 2.24) is 0 Å². The van der Waals surface area contributed by atoms with Crippen molar-refractivity contribution in [3.63, 3.8) is 0 Å². The summed E-state index contributed by atoms with van der Waals surface area (Å²) in [5.41, 5.74) is 2.76. The number of ketones is 1. The molecule has 0 bridgehead atoms. The summed E-state index contributed by atoms with van der Waals surface area (Å²) in [5, 5.41) is 0. The standard InChI is InChI=1S/C14H18O3S/c1-10-3-4-11(2)13(7-10)14(15)8-12-5-6-18(16,17)9-12/h3-4,7,12H,5-6,8-9H2,1-2H3. The number of aryl methyl sites for hydroxylation is 2. The largest absolute Gasteiger partial charge is 0.294 e. The minimum atomic E-state index is -2.89. The lowest BCUT2D eigenvalue weighted by Crippen LogP contribution is -2.11. The molecule has 1 fully saturated rings. The van der Waals surface area contributed by atoms with Crippen molar-refractivity contribution in [2.75, 3.05) is 11.5 Å². The fourth-order valence-corrected chi connectivity index (χ4v) is 4.30. The van der Waals surface area contributed by atoms with E-state index in [0.29, 0.717) is 12.8 Å². The summed E-state index contributed by atoms with van der Waals surface area (Å²) >= 11 is 0. The summed E-state index contributed by atoms with van der Waals surface area (Å²) in [4.78, 5) is 12.2. The van der Waals surface area contributed by atoms with E-state index < -0.39 is 9.84 Å². The quantitative estimate of drug-likeness (QED) is 0.789. The van der Waals surface area contributed by atoms with Gasteiger partial charge in [0.2, 0.25) is 0 Å². The minimum absolute atomic E-state index is 0.00223. The number of Topliss-reactive ketones (excluding diaryl/α,β-unsaturated/α-hetero) is 1. The number of hydrogen-bond acceptors (Lipinski definition) is 3. The highest BCUT2D eigenvalue weighted by molar-refractivity contribution is 7.91. The van der Waals surface area contributed by atoms with E-state index in [4.69, 9.17) is 0 Å². The second-order valence-corrected chi connectivity index (χ2v) is 7.44. The minimum Gasteiger partial charge on any atom is -0.294 e. The number of benzene rings is 1. The molecule has 1 aliphatic heterocycles. The normalized spacial score (nSPS) is 22.0. The molecule has 1 aromatic carbocycles. The first kappa shape index (κ1) is 13.3. The molecular formula is C14H18O3S. The predicted octanol–water partition coefficient (Wildman–Crippen LogP) is 2.31. The molecule has 18 heavy (non-hydrogen) atoms. The summed E-state index contributed by atoms with van der Waals surface area (Å²) in [5.74, 6) is 0.474. The average molecular weight is 266 g/mol. The Kier molecular flexibility index (Phi) is 3.57. The number of carbonyl (C=O) groups excluding carboxylic acids is 1. The lowest BCUT2D eigenvalue weighted by atomic mass is 9.94. The molecule has 2 rings (SSSR count). The van der Waals surface area contributed by atoms with Gasteiger partial charge in [-0.3, -0.25) is 4.79 Å². The van der Waals surface area contributed by atoms with Gasteiger partial charge in [0, 0.05) is 12.0 Å². The Balaban J connectivity index is 2.11. The zero-order chi connectivity index (χ0) is 13.3. The van der Waals surface area contributed by atoms with Gasteiger partial charge in [0.05, 0.1) is 11.5 Å². The number of rotatable bonds is 3. The van der Waals surface area contributed by atoms with Gasteiger partial charge in [-0.2, -0.15) is 0 Å². The molecule has 0 saturated carbocycles. The van der Waals surface area contributed by atoms with Gasteiger partial charge < -0.3 is 0 Å². The van der Waals surface area contributed by atoms with Crippen LogP contribution in [0.1, 0.15) is 34.3 Å². The Morgan fingerprint density at radius 1 is 1.33 bits per heavy atom. The first-order valence-electron chi connectivity index (χ1n) is 6.18. The van der Waals surface area contributed by atoms with Gasteiger partial charge in [-0.25, -0.2) is 8.42 Å². The van der Waals surface area contributed by atoms with E-state index in [1.807, 2.05) is 32.0 Å². The maximum atomic E-state index is 12.2. The highest BCUT2D eigenvalue weighted by atomic mass is 32.2. The lowest BCUT2D eigenvalue weighted by molar-refractivity contribution is 0.0965. The van der Waals surface area contributed by atoms with Gasteiger partial charge in [-0.15, -0.1) is 0 Å². The van der Waals surface area contributed by atoms with Gasteiger partial charge in [0.25, 0.3) is 0 Å². The third-order valence-electron chi connectivity index (χ3n) is 3.49. The van der Waals surface area contributed by atoms with Crippen LogP contribution in [0.15, 0.2) is 18.2 Å². The van der Waals surface area contributed by atoms with Crippen LogP contribution in [0, 0.1) is 19.8 Å². The fourth-order valence-electron chi connectivity index (χ4n) is 2.44. The molecule has 3 nitrogen and oxygen atoms in total. The van der Waals surface area contributed by atoms with Crippen LogP contribution in [0.25, 0.3) is 0 Å². The molecule has 1 aromatic rings. The monoisotopic (exact) mass is 266 g/mol. The van der Waals surface area contributed by atoms with Gasteiger partial charge >= 0.3 is 0 Å². The van der Waals surface area contributed by atoms with Crippen LogP contribution >= 0.6 is 0 Å². The second-order valence-electron chi connectivity index (χ2n) is 5.21. The van der Waals surface area contributed by atoms with Crippen LogP contribution in [0.5, 0.6) is 0 Å². The van der Waals surface area contributed by atoms with E-state index in [2.05, 4.69) is 0 Å². The van der Waals surface area contributed by atoms with Crippen LogP contribution in [-0.2, 0) is 9.84 Å². The van der Waals surface area contributed by atoms with Crippen LogP contribution in [0.3, 0.4) is 0 Å². The second kappa shape index (κ2) is 4.84. The van der Waals surface area contributed by atoms with Crippen molar-refractivity contribution in [3.05, 3.63) is 34.9 Å².